The van der Waals surface area contributed by atoms with Crippen molar-refractivity contribution in [1.82, 2.24) is 5.32 Å². The molecule has 4 saturated carbocycles. The van der Waals surface area contributed by atoms with E-state index in [0.717, 1.165) is 24.2 Å². The van der Waals surface area contributed by atoms with Crippen molar-refractivity contribution in [3.05, 3.63) is 0 Å². The molecule has 4 bridgehead atoms. The van der Waals surface area contributed by atoms with Crippen molar-refractivity contribution in [2.24, 2.45) is 23.2 Å². The van der Waals surface area contributed by atoms with Crippen LogP contribution in [0.25, 0.3) is 0 Å². The van der Waals surface area contributed by atoms with Crippen LogP contribution in [0.5, 0.6) is 0 Å². The van der Waals surface area contributed by atoms with Crippen LogP contribution in [-0.4, -0.2) is 25.0 Å². The summed E-state index contributed by atoms with van der Waals surface area (Å²) < 4.78 is 4.71. The number of nitrogens with one attached hydrogen (secondary N) is 1. The molecule has 4 aliphatic rings. The second kappa shape index (κ2) is 6.21. The first-order valence-electron chi connectivity index (χ1n) is 8.88. The first kappa shape index (κ1) is 15.8. The molecule has 0 spiro atoms. The van der Waals surface area contributed by atoms with E-state index in [9.17, 15) is 9.59 Å². The molecule has 0 heterocycles. The second-order valence-corrected chi connectivity index (χ2v) is 8.05. The molecule has 4 heteroatoms. The molecule has 4 fully saturated rings. The fourth-order valence-corrected chi connectivity index (χ4v) is 5.71. The number of ether oxygens (including phenoxy) is 1. The van der Waals surface area contributed by atoms with Crippen LogP contribution in [0.4, 0.5) is 0 Å². The van der Waals surface area contributed by atoms with Gasteiger partial charge in [-0.1, -0.05) is 6.92 Å². The SMILES string of the molecule is CCC(CC(=O)OC)NC(=O)CC12CC3CC(CC(C3)C1)C2. The van der Waals surface area contributed by atoms with E-state index in [-0.39, 0.29) is 29.8 Å². The maximum absolute atomic E-state index is 12.5. The monoisotopic (exact) mass is 307 g/mol. The molecule has 0 aromatic carbocycles. The first-order chi connectivity index (χ1) is 10.5. The summed E-state index contributed by atoms with van der Waals surface area (Å²) in [5.41, 5.74) is 0.266. The fourth-order valence-electron chi connectivity index (χ4n) is 5.71. The molecule has 4 aliphatic carbocycles. The minimum absolute atomic E-state index is 0.0890. The third kappa shape index (κ3) is 3.31. The number of carbonyl (C=O) groups excluding carboxylic acids is 2. The molecule has 124 valence electrons. The maximum Gasteiger partial charge on any atom is 0.307 e. The highest BCUT2D eigenvalue weighted by molar-refractivity contribution is 5.78. The van der Waals surface area contributed by atoms with Crippen molar-refractivity contribution in [1.29, 1.82) is 0 Å². The minimum atomic E-state index is -0.248. The number of amides is 1. The van der Waals surface area contributed by atoms with Crippen LogP contribution in [0.15, 0.2) is 0 Å². The zero-order valence-corrected chi connectivity index (χ0v) is 13.9. The summed E-state index contributed by atoms with van der Waals surface area (Å²) in [5, 5.41) is 3.07. The van der Waals surface area contributed by atoms with Crippen LogP contribution in [0.3, 0.4) is 0 Å². The number of methoxy groups -OCH3 is 1. The Labute approximate surface area is 133 Å². The Kier molecular flexibility index (Phi) is 4.47. The summed E-state index contributed by atoms with van der Waals surface area (Å²) in [5.74, 6) is 2.50. The molecule has 22 heavy (non-hydrogen) atoms. The van der Waals surface area contributed by atoms with Crippen molar-refractivity contribution in [2.75, 3.05) is 7.11 Å². The van der Waals surface area contributed by atoms with Crippen LogP contribution < -0.4 is 5.32 Å². The van der Waals surface area contributed by atoms with Gasteiger partial charge in [0.2, 0.25) is 5.91 Å². The topological polar surface area (TPSA) is 55.4 Å². The van der Waals surface area contributed by atoms with Gasteiger partial charge in [-0.05, 0) is 68.1 Å². The highest BCUT2D eigenvalue weighted by Crippen LogP contribution is 2.61. The van der Waals surface area contributed by atoms with Gasteiger partial charge in [0, 0.05) is 12.5 Å². The highest BCUT2D eigenvalue weighted by atomic mass is 16.5. The van der Waals surface area contributed by atoms with Crippen LogP contribution in [0, 0.1) is 23.2 Å². The van der Waals surface area contributed by atoms with Crippen LogP contribution in [0.1, 0.15) is 64.7 Å². The molecule has 0 radical (unpaired) electrons. The lowest BCUT2D eigenvalue weighted by molar-refractivity contribution is -0.141. The van der Waals surface area contributed by atoms with Crippen LogP contribution in [-0.2, 0) is 14.3 Å². The Morgan fingerprint density at radius 3 is 2.14 bits per heavy atom. The summed E-state index contributed by atoms with van der Waals surface area (Å²) in [7, 11) is 1.40. The van der Waals surface area contributed by atoms with Gasteiger partial charge in [-0.25, -0.2) is 0 Å². The van der Waals surface area contributed by atoms with Crippen molar-refractivity contribution in [3.63, 3.8) is 0 Å². The van der Waals surface area contributed by atoms with Crippen molar-refractivity contribution in [3.8, 4) is 0 Å². The summed E-state index contributed by atoms with van der Waals surface area (Å²) in [6, 6.07) is -0.0890. The van der Waals surface area contributed by atoms with E-state index < -0.39 is 0 Å². The Hall–Kier alpha value is -1.06. The van der Waals surface area contributed by atoms with Crippen molar-refractivity contribution < 1.29 is 14.3 Å². The summed E-state index contributed by atoms with van der Waals surface area (Å²) >= 11 is 0. The van der Waals surface area contributed by atoms with E-state index in [1.807, 2.05) is 6.92 Å². The number of carbonyl (C=O) groups is 2. The van der Waals surface area contributed by atoms with E-state index >= 15 is 0 Å². The quantitative estimate of drug-likeness (QED) is 0.767. The number of esters is 1. The van der Waals surface area contributed by atoms with Gasteiger partial charge < -0.3 is 10.1 Å². The average molecular weight is 307 g/mol. The van der Waals surface area contributed by atoms with E-state index in [0.29, 0.717) is 6.42 Å². The molecule has 1 unspecified atom stereocenters. The lowest BCUT2D eigenvalue weighted by Crippen LogP contribution is -2.49. The standard InChI is InChI=1S/C18H29NO3/c1-3-15(7-17(21)22-2)19-16(20)11-18-8-12-4-13(9-18)6-14(5-12)10-18/h12-15H,3-11H2,1-2H3,(H,19,20). The first-order valence-corrected chi connectivity index (χ1v) is 8.88. The molecule has 1 N–H and O–H groups in total. The Balaban J connectivity index is 1.56. The van der Waals surface area contributed by atoms with Crippen LogP contribution >= 0.6 is 0 Å². The number of rotatable bonds is 6. The van der Waals surface area contributed by atoms with Crippen molar-refractivity contribution in [2.45, 2.75) is 70.8 Å². The predicted octanol–water partition coefficient (Wildman–Crippen LogP) is 3.05. The maximum atomic E-state index is 12.5. The molecule has 1 atom stereocenters. The zero-order chi connectivity index (χ0) is 15.7. The summed E-state index contributed by atoms with van der Waals surface area (Å²) in [6.45, 7) is 2.00. The molecule has 4 rings (SSSR count). The Morgan fingerprint density at radius 1 is 1.14 bits per heavy atom. The van der Waals surface area contributed by atoms with Gasteiger partial charge in [0.1, 0.15) is 0 Å². The number of hydrogen-bond acceptors (Lipinski definition) is 3. The van der Waals surface area contributed by atoms with Gasteiger partial charge >= 0.3 is 5.97 Å². The van der Waals surface area contributed by atoms with Gasteiger partial charge in [-0.2, -0.15) is 0 Å². The Bertz CT molecular complexity index is 410. The Morgan fingerprint density at radius 2 is 1.68 bits per heavy atom. The highest BCUT2D eigenvalue weighted by Gasteiger charge is 2.51. The van der Waals surface area contributed by atoms with E-state index in [4.69, 9.17) is 4.74 Å². The van der Waals surface area contributed by atoms with Crippen LogP contribution in [0.2, 0.25) is 0 Å². The largest absolute Gasteiger partial charge is 0.469 e. The molecule has 0 saturated heterocycles. The molecule has 4 nitrogen and oxygen atoms in total. The predicted molar refractivity (Wildman–Crippen MR) is 84.1 cm³/mol. The smallest absolute Gasteiger partial charge is 0.307 e. The second-order valence-electron chi connectivity index (χ2n) is 8.05. The molecular weight excluding hydrogens is 278 g/mol. The lowest BCUT2D eigenvalue weighted by atomic mass is 9.49. The molecule has 0 aliphatic heterocycles. The van der Waals surface area contributed by atoms with Gasteiger partial charge in [0.25, 0.3) is 0 Å². The van der Waals surface area contributed by atoms with Crippen molar-refractivity contribution >= 4 is 11.9 Å². The normalized spacial score (nSPS) is 36.9. The van der Waals surface area contributed by atoms with Gasteiger partial charge in [0.15, 0.2) is 0 Å². The third-order valence-corrected chi connectivity index (χ3v) is 6.20. The average Bonchev–Trinajstić information content (AvgIpc) is 2.44. The van der Waals surface area contributed by atoms with E-state index in [2.05, 4.69) is 5.32 Å². The minimum Gasteiger partial charge on any atom is -0.469 e. The summed E-state index contributed by atoms with van der Waals surface area (Å²) in [4.78, 5) is 23.9. The van der Waals surface area contributed by atoms with E-state index in [1.165, 1.54) is 45.6 Å². The fraction of sp³-hybridized carbons (Fsp3) is 0.889. The van der Waals surface area contributed by atoms with Gasteiger partial charge in [-0.3, -0.25) is 9.59 Å². The molecular formula is C18H29NO3. The lowest BCUT2D eigenvalue weighted by Gasteiger charge is -2.56. The molecule has 0 aromatic heterocycles. The molecule has 1 amide bonds. The van der Waals surface area contributed by atoms with Gasteiger partial charge in [0.05, 0.1) is 13.5 Å². The van der Waals surface area contributed by atoms with Gasteiger partial charge in [-0.15, -0.1) is 0 Å². The number of hydrogen-bond donors (Lipinski definition) is 1. The summed E-state index contributed by atoms with van der Waals surface area (Å²) in [6.07, 6.45) is 9.67. The third-order valence-electron chi connectivity index (χ3n) is 6.20. The van der Waals surface area contributed by atoms with E-state index in [1.54, 1.807) is 0 Å². The molecule has 0 aromatic rings. The zero-order valence-electron chi connectivity index (χ0n) is 13.9.